The number of benzene rings is 1. The van der Waals surface area contributed by atoms with Crippen LogP contribution in [0.2, 0.25) is 0 Å². The van der Waals surface area contributed by atoms with Crippen molar-refractivity contribution in [2.75, 3.05) is 5.32 Å². The van der Waals surface area contributed by atoms with Crippen molar-refractivity contribution in [3.63, 3.8) is 0 Å². The number of thiophene rings is 1. The van der Waals surface area contributed by atoms with Gasteiger partial charge in [0.15, 0.2) is 0 Å². The number of amides is 1. The van der Waals surface area contributed by atoms with Crippen LogP contribution >= 0.6 is 11.3 Å². The molecule has 0 aliphatic carbocycles. The molecular weight excluding hydrogens is 242 g/mol. The second kappa shape index (κ2) is 5.83. The van der Waals surface area contributed by atoms with Gasteiger partial charge < -0.3 is 5.32 Å². The molecule has 0 atom stereocenters. The molecule has 94 valence electrons. The van der Waals surface area contributed by atoms with E-state index in [1.807, 2.05) is 37.4 Å². The first-order valence-corrected chi connectivity index (χ1v) is 6.92. The number of hydrogen-bond donors (Lipinski definition) is 1. The van der Waals surface area contributed by atoms with Gasteiger partial charge in [0.2, 0.25) is 5.91 Å². The van der Waals surface area contributed by atoms with Gasteiger partial charge in [0.05, 0.1) is 0 Å². The highest BCUT2D eigenvalue weighted by atomic mass is 32.1. The number of rotatable bonds is 4. The van der Waals surface area contributed by atoms with Gasteiger partial charge in [-0.1, -0.05) is 18.2 Å². The lowest BCUT2D eigenvalue weighted by atomic mass is 10.1. The van der Waals surface area contributed by atoms with E-state index in [0.717, 1.165) is 23.2 Å². The van der Waals surface area contributed by atoms with Crippen LogP contribution in [0.25, 0.3) is 0 Å². The maximum atomic E-state index is 11.9. The summed E-state index contributed by atoms with van der Waals surface area (Å²) in [5.74, 6) is 0.0806. The van der Waals surface area contributed by atoms with E-state index in [2.05, 4.69) is 17.4 Å². The molecule has 2 rings (SSSR count). The Labute approximate surface area is 112 Å². The monoisotopic (exact) mass is 259 g/mol. The smallest absolute Gasteiger partial charge is 0.224 e. The molecule has 0 saturated heterocycles. The Morgan fingerprint density at radius 3 is 2.83 bits per heavy atom. The summed E-state index contributed by atoms with van der Waals surface area (Å²) in [7, 11) is 0. The molecule has 0 spiro atoms. The normalized spacial score (nSPS) is 10.3. The second-order valence-corrected chi connectivity index (χ2v) is 5.48. The minimum Gasteiger partial charge on any atom is -0.326 e. The van der Waals surface area contributed by atoms with Gasteiger partial charge in [-0.15, -0.1) is 11.3 Å². The Hall–Kier alpha value is -1.61. The molecule has 0 radical (unpaired) electrons. The molecule has 2 nitrogen and oxygen atoms in total. The number of nitrogens with one attached hydrogen (secondary N) is 1. The van der Waals surface area contributed by atoms with Crippen molar-refractivity contribution >= 4 is 22.9 Å². The van der Waals surface area contributed by atoms with Crippen molar-refractivity contribution in [1.29, 1.82) is 0 Å². The summed E-state index contributed by atoms with van der Waals surface area (Å²) in [5, 5.41) is 5.02. The van der Waals surface area contributed by atoms with E-state index in [1.165, 1.54) is 4.88 Å². The van der Waals surface area contributed by atoms with Gasteiger partial charge in [-0.2, -0.15) is 0 Å². The van der Waals surface area contributed by atoms with Crippen molar-refractivity contribution in [2.24, 2.45) is 0 Å². The van der Waals surface area contributed by atoms with Crippen LogP contribution in [0.3, 0.4) is 0 Å². The zero-order valence-corrected chi connectivity index (χ0v) is 11.5. The summed E-state index contributed by atoms with van der Waals surface area (Å²) in [5.41, 5.74) is 3.19. The fraction of sp³-hybridized carbons (Fsp3) is 0.267. The zero-order chi connectivity index (χ0) is 13.0. The second-order valence-electron chi connectivity index (χ2n) is 4.45. The molecule has 18 heavy (non-hydrogen) atoms. The van der Waals surface area contributed by atoms with Crippen molar-refractivity contribution in [1.82, 2.24) is 0 Å². The average Bonchev–Trinajstić information content (AvgIpc) is 2.84. The van der Waals surface area contributed by atoms with Gasteiger partial charge >= 0.3 is 0 Å². The Balaban J connectivity index is 1.92. The molecule has 3 heteroatoms. The third-order valence-corrected chi connectivity index (χ3v) is 3.78. The van der Waals surface area contributed by atoms with E-state index in [1.54, 1.807) is 11.3 Å². The molecule has 0 fully saturated rings. The molecule has 0 aliphatic heterocycles. The Bertz CT molecular complexity index is 531. The maximum absolute atomic E-state index is 11.9. The van der Waals surface area contributed by atoms with E-state index in [-0.39, 0.29) is 5.91 Å². The first-order valence-electron chi connectivity index (χ1n) is 6.04. The number of aryl methyl sites for hydroxylation is 3. The van der Waals surface area contributed by atoms with Crippen molar-refractivity contribution in [3.8, 4) is 0 Å². The molecule has 0 saturated carbocycles. The predicted octanol–water partition coefficient (Wildman–Crippen LogP) is 3.94. The van der Waals surface area contributed by atoms with Gasteiger partial charge in [-0.05, 0) is 48.9 Å². The van der Waals surface area contributed by atoms with Crippen LogP contribution in [0.4, 0.5) is 5.69 Å². The fourth-order valence-electron chi connectivity index (χ4n) is 1.77. The van der Waals surface area contributed by atoms with Crippen LogP contribution in [0.15, 0.2) is 35.7 Å². The quantitative estimate of drug-likeness (QED) is 0.885. The van der Waals surface area contributed by atoms with E-state index in [4.69, 9.17) is 0 Å². The van der Waals surface area contributed by atoms with Gasteiger partial charge in [-0.3, -0.25) is 4.79 Å². The molecule has 0 aliphatic rings. The summed E-state index contributed by atoms with van der Waals surface area (Å²) in [4.78, 5) is 13.1. The number of carbonyl (C=O) groups is 1. The summed E-state index contributed by atoms with van der Waals surface area (Å²) < 4.78 is 0. The van der Waals surface area contributed by atoms with Crippen LogP contribution < -0.4 is 5.32 Å². The van der Waals surface area contributed by atoms with Gasteiger partial charge in [0, 0.05) is 17.0 Å². The molecule has 1 heterocycles. The first kappa shape index (κ1) is 12.8. The molecule has 2 aromatic rings. The highest BCUT2D eigenvalue weighted by Crippen LogP contribution is 2.17. The summed E-state index contributed by atoms with van der Waals surface area (Å²) in [6.45, 7) is 4.04. The van der Waals surface area contributed by atoms with Crippen LogP contribution in [-0.4, -0.2) is 5.91 Å². The predicted molar refractivity (Wildman–Crippen MR) is 77.2 cm³/mol. The molecular formula is C15H17NOS. The minimum absolute atomic E-state index is 0.0806. The molecule has 1 aromatic carbocycles. The highest BCUT2D eigenvalue weighted by Gasteiger charge is 2.05. The SMILES string of the molecule is Cc1ccc(C)c(NC(=O)CCc2cccs2)c1. The van der Waals surface area contributed by atoms with Crippen molar-refractivity contribution in [2.45, 2.75) is 26.7 Å². The van der Waals surface area contributed by atoms with E-state index in [9.17, 15) is 4.79 Å². The summed E-state index contributed by atoms with van der Waals surface area (Å²) in [6.07, 6.45) is 1.35. The van der Waals surface area contributed by atoms with Gasteiger partial charge in [-0.25, -0.2) is 0 Å². The van der Waals surface area contributed by atoms with Gasteiger partial charge in [0.25, 0.3) is 0 Å². The van der Waals surface area contributed by atoms with E-state index < -0.39 is 0 Å². The third-order valence-electron chi connectivity index (χ3n) is 2.85. The summed E-state index contributed by atoms with van der Waals surface area (Å²) >= 11 is 1.70. The molecule has 0 unspecified atom stereocenters. The van der Waals surface area contributed by atoms with Crippen LogP contribution in [-0.2, 0) is 11.2 Å². The maximum Gasteiger partial charge on any atom is 0.224 e. The average molecular weight is 259 g/mol. The first-order chi connectivity index (χ1) is 8.65. The standard InChI is InChI=1S/C15H17NOS/c1-11-5-6-12(2)14(10-11)16-15(17)8-7-13-4-3-9-18-13/h3-6,9-10H,7-8H2,1-2H3,(H,16,17). The lowest BCUT2D eigenvalue weighted by molar-refractivity contribution is -0.116. The number of carbonyl (C=O) groups excluding carboxylic acids is 1. The van der Waals surface area contributed by atoms with E-state index >= 15 is 0 Å². The third kappa shape index (κ3) is 3.44. The number of anilines is 1. The van der Waals surface area contributed by atoms with Gasteiger partial charge in [0.1, 0.15) is 0 Å². The fourth-order valence-corrected chi connectivity index (χ4v) is 2.48. The Morgan fingerprint density at radius 1 is 1.28 bits per heavy atom. The lowest BCUT2D eigenvalue weighted by Crippen LogP contribution is -2.13. The van der Waals surface area contributed by atoms with Crippen molar-refractivity contribution in [3.05, 3.63) is 51.7 Å². The highest BCUT2D eigenvalue weighted by molar-refractivity contribution is 7.09. The lowest BCUT2D eigenvalue weighted by Gasteiger charge is -2.09. The molecule has 1 amide bonds. The molecule has 1 aromatic heterocycles. The minimum atomic E-state index is 0.0806. The van der Waals surface area contributed by atoms with E-state index in [0.29, 0.717) is 6.42 Å². The summed E-state index contributed by atoms with van der Waals surface area (Å²) in [6, 6.07) is 10.2. The zero-order valence-electron chi connectivity index (χ0n) is 10.7. The number of hydrogen-bond acceptors (Lipinski definition) is 2. The van der Waals surface area contributed by atoms with Crippen molar-refractivity contribution < 1.29 is 4.79 Å². The Morgan fingerprint density at radius 2 is 2.11 bits per heavy atom. The molecule has 0 bridgehead atoms. The topological polar surface area (TPSA) is 29.1 Å². The Kier molecular flexibility index (Phi) is 4.15. The van der Waals surface area contributed by atoms with Crippen LogP contribution in [0.5, 0.6) is 0 Å². The van der Waals surface area contributed by atoms with Crippen LogP contribution in [0.1, 0.15) is 22.4 Å². The largest absolute Gasteiger partial charge is 0.326 e. The van der Waals surface area contributed by atoms with Crippen LogP contribution in [0, 0.1) is 13.8 Å². The molecule has 1 N–H and O–H groups in total.